The largest absolute Gasteiger partial charge is 0.357 e. The predicted molar refractivity (Wildman–Crippen MR) is 112 cm³/mol. The first kappa shape index (κ1) is 20.5. The van der Waals surface area contributed by atoms with Gasteiger partial charge in [0, 0.05) is 36.8 Å². The molecule has 130 valence electrons. The second-order valence-electron chi connectivity index (χ2n) is 5.82. The number of nitrogens with zero attached hydrogens (tertiary/aromatic N) is 2. The first-order chi connectivity index (χ1) is 10.7. The molecular formula is C17H29IN4S. The Morgan fingerprint density at radius 1 is 1.43 bits per heavy atom. The number of nitrogens with one attached hydrogen (secondary N) is 2. The molecule has 1 aromatic heterocycles. The van der Waals surface area contributed by atoms with Crippen LogP contribution in [0, 0.1) is 6.92 Å². The van der Waals surface area contributed by atoms with E-state index in [2.05, 4.69) is 41.8 Å². The van der Waals surface area contributed by atoms with E-state index in [0.29, 0.717) is 6.04 Å². The number of aryl methyl sites for hydroxylation is 1. The summed E-state index contributed by atoms with van der Waals surface area (Å²) < 4.78 is 0. The lowest BCUT2D eigenvalue weighted by molar-refractivity contribution is 0.615. The normalized spacial score (nSPS) is 20.9. The van der Waals surface area contributed by atoms with Crippen LogP contribution in [0.1, 0.15) is 37.3 Å². The average molecular weight is 448 g/mol. The molecule has 6 heteroatoms. The number of halogens is 1. The van der Waals surface area contributed by atoms with E-state index in [-0.39, 0.29) is 24.0 Å². The Labute approximate surface area is 161 Å². The first-order valence-corrected chi connectivity index (χ1v) is 9.48. The van der Waals surface area contributed by atoms with Crippen LogP contribution >= 0.6 is 35.7 Å². The molecule has 2 N–H and O–H groups in total. The standard InChI is InChI=1S/C17H28N4S.HI/c1-4-19-17(21-15-5-6-16(11-15)22-3)20-10-8-14-7-9-18-12-13(14)2;/h7,9,12,15-16H,4-6,8,10-11H2,1-3H3,(H2,19,20,21);1H. The van der Waals surface area contributed by atoms with Crippen molar-refractivity contribution in [2.24, 2.45) is 4.99 Å². The summed E-state index contributed by atoms with van der Waals surface area (Å²) in [5.41, 5.74) is 2.58. The molecular weight excluding hydrogens is 419 g/mol. The molecule has 0 aliphatic heterocycles. The number of pyridine rings is 1. The molecule has 0 amide bonds. The summed E-state index contributed by atoms with van der Waals surface area (Å²) in [4.78, 5) is 8.87. The Bertz CT molecular complexity index is 495. The number of hydrogen-bond acceptors (Lipinski definition) is 3. The van der Waals surface area contributed by atoms with E-state index < -0.39 is 0 Å². The minimum absolute atomic E-state index is 0. The van der Waals surface area contributed by atoms with Crippen LogP contribution in [-0.2, 0) is 6.42 Å². The van der Waals surface area contributed by atoms with Crippen LogP contribution < -0.4 is 10.6 Å². The minimum Gasteiger partial charge on any atom is -0.357 e. The average Bonchev–Trinajstić information content (AvgIpc) is 2.97. The van der Waals surface area contributed by atoms with Crippen LogP contribution in [-0.4, -0.2) is 41.6 Å². The zero-order valence-corrected chi connectivity index (χ0v) is 17.5. The molecule has 2 unspecified atom stereocenters. The maximum atomic E-state index is 4.73. The van der Waals surface area contributed by atoms with Gasteiger partial charge in [-0.3, -0.25) is 9.98 Å². The molecule has 0 bridgehead atoms. The quantitative estimate of drug-likeness (QED) is 0.398. The Morgan fingerprint density at radius 2 is 2.26 bits per heavy atom. The highest BCUT2D eigenvalue weighted by atomic mass is 127. The molecule has 1 aliphatic rings. The van der Waals surface area contributed by atoms with Crippen molar-refractivity contribution in [1.82, 2.24) is 15.6 Å². The molecule has 1 saturated carbocycles. The lowest BCUT2D eigenvalue weighted by Gasteiger charge is -2.17. The second-order valence-corrected chi connectivity index (χ2v) is 6.96. The summed E-state index contributed by atoms with van der Waals surface area (Å²) in [6.07, 6.45) is 10.8. The summed E-state index contributed by atoms with van der Waals surface area (Å²) in [7, 11) is 0. The summed E-state index contributed by atoms with van der Waals surface area (Å²) in [5, 5.41) is 7.76. The van der Waals surface area contributed by atoms with Crippen molar-refractivity contribution >= 4 is 41.7 Å². The molecule has 4 nitrogen and oxygen atoms in total. The molecule has 1 aromatic rings. The van der Waals surface area contributed by atoms with E-state index in [9.17, 15) is 0 Å². The molecule has 2 atom stereocenters. The summed E-state index contributed by atoms with van der Waals surface area (Å²) >= 11 is 1.99. The Kier molecular flexibility index (Phi) is 9.94. The number of rotatable bonds is 6. The van der Waals surface area contributed by atoms with Crippen LogP contribution in [0.3, 0.4) is 0 Å². The number of aliphatic imine (C=N–C) groups is 1. The Morgan fingerprint density at radius 3 is 2.91 bits per heavy atom. The van der Waals surface area contributed by atoms with E-state index in [0.717, 1.165) is 30.7 Å². The fraction of sp³-hybridized carbons (Fsp3) is 0.647. The van der Waals surface area contributed by atoms with E-state index in [1.165, 1.54) is 30.4 Å². The molecule has 0 saturated heterocycles. The topological polar surface area (TPSA) is 49.3 Å². The molecule has 0 radical (unpaired) electrons. The van der Waals surface area contributed by atoms with Crippen molar-refractivity contribution in [3.05, 3.63) is 29.6 Å². The Hall–Kier alpha value is -0.500. The van der Waals surface area contributed by atoms with Crippen LogP contribution in [0.15, 0.2) is 23.5 Å². The van der Waals surface area contributed by atoms with Gasteiger partial charge in [-0.15, -0.1) is 24.0 Å². The second kappa shape index (κ2) is 11.1. The lowest BCUT2D eigenvalue weighted by Crippen LogP contribution is -2.42. The van der Waals surface area contributed by atoms with Gasteiger partial charge >= 0.3 is 0 Å². The minimum atomic E-state index is 0. The van der Waals surface area contributed by atoms with Gasteiger partial charge in [0.1, 0.15) is 0 Å². The molecule has 1 aliphatic carbocycles. The third kappa shape index (κ3) is 6.87. The van der Waals surface area contributed by atoms with E-state index >= 15 is 0 Å². The van der Waals surface area contributed by atoms with Gasteiger partial charge in [-0.2, -0.15) is 11.8 Å². The van der Waals surface area contributed by atoms with Gasteiger partial charge in [-0.05, 0) is 63.0 Å². The first-order valence-electron chi connectivity index (χ1n) is 8.20. The van der Waals surface area contributed by atoms with E-state index in [1.54, 1.807) is 0 Å². The maximum Gasteiger partial charge on any atom is 0.191 e. The third-order valence-corrected chi connectivity index (χ3v) is 5.29. The van der Waals surface area contributed by atoms with Crippen molar-refractivity contribution in [2.45, 2.75) is 50.8 Å². The predicted octanol–water partition coefficient (Wildman–Crippen LogP) is 3.39. The van der Waals surface area contributed by atoms with Gasteiger partial charge < -0.3 is 10.6 Å². The number of thioether (sulfide) groups is 1. The van der Waals surface area contributed by atoms with Gasteiger partial charge in [0.25, 0.3) is 0 Å². The molecule has 1 heterocycles. The molecule has 1 fully saturated rings. The summed E-state index contributed by atoms with van der Waals surface area (Å²) in [6.45, 7) is 5.93. The van der Waals surface area contributed by atoms with Crippen LogP contribution in [0.2, 0.25) is 0 Å². The molecule has 0 aromatic carbocycles. The van der Waals surface area contributed by atoms with Gasteiger partial charge in [-0.1, -0.05) is 0 Å². The third-order valence-electron chi connectivity index (χ3n) is 4.19. The fourth-order valence-corrected chi connectivity index (χ4v) is 3.67. The Balaban J connectivity index is 0.00000264. The van der Waals surface area contributed by atoms with Crippen molar-refractivity contribution in [2.75, 3.05) is 19.3 Å². The molecule has 0 spiro atoms. The maximum absolute atomic E-state index is 4.73. The summed E-state index contributed by atoms with van der Waals surface area (Å²) in [6, 6.07) is 2.66. The zero-order valence-electron chi connectivity index (χ0n) is 14.3. The van der Waals surface area contributed by atoms with Gasteiger partial charge in [0.05, 0.1) is 0 Å². The van der Waals surface area contributed by atoms with Crippen molar-refractivity contribution in [3.63, 3.8) is 0 Å². The smallest absolute Gasteiger partial charge is 0.191 e. The monoisotopic (exact) mass is 448 g/mol. The van der Waals surface area contributed by atoms with E-state index in [4.69, 9.17) is 4.99 Å². The lowest BCUT2D eigenvalue weighted by atomic mass is 10.1. The summed E-state index contributed by atoms with van der Waals surface area (Å²) in [5.74, 6) is 0.959. The molecule has 23 heavy (non-hydrogen) atoms. The van der Waals surface area contributed by atoms with Crippen LogP contribution in [0.4, 0.5) is 0 Å². The number of hydrogen-bond donors (Lipinski definition) is 2. The fourth-order valence-electron chi connectivity index (χ4n) is 2.87. The van der Waals surface area contributed by atoms with Crippen LogP contribution in [0.25, 0.3) is 0 Å². The van der Waals surface area contributed by atoms with Gasteiger partial charge in [-0.25, -0.2) is 0 Å². The molecule has 2 rings (SSSR count). The SMILES string of the molecule is CCNC(=NCCc1ccncc1C)NC1CCC(SC)C1.I. The highest BCUT2D eigenvalue weighted by molar-refractivity contribution is 14.0. The van der Waals surface area contributed by atoms with Crippen molar-refractivity contribution in [3.8, 4) is 0 Å². The van der Waals surface area contributed by atoms with Crippen LogP contribution in [0.5, 0.6) is 0 Å². The highest BCUT2D eigenvalue weighted by Gasteiger charge is 2.24. The van der Waals surface area contributed by atoms with E-state index in [1.807, 2.05) is 24.2 Å². The van der Waals surface area contributed by atoms with Crippen molar-refractivity contribution in [1.29, 1.82) is 0 Å². The van der Waals surface area contributed by atoms with Gasteiger partial charge in [0.2, 0.25) is 0 Å². The van der Waals surface area contributed by atoms with Crippen molar-refractivity contribution < 1.29 is 0 Å². The highest BCUT2D eigenvalue weighted by Crippen LogP contribution is 2.27. The number of guanidine groups is 1. The zero-order chi connectivity index (χ0) is 15.8. The number of aromatic nitrogens is 1. The van der Waals surface area contributed by atoms with Gasteiger partial charge in [0.15, 0.2) is 5.96 Å².